The van der Waals surface area contributed by atoms with Crippen LogP contribution in [0.2, 0.25) is 0 Å². The summed E-state index contributed by atoms with van der Waals surface area (Å²) in [4.78, 5) is 19.1. The molecule has 0 aromatic rings. The van der Waals surface area contributed by atoms with Gasteiger partial charge in [-0.25, -0.2) is 4.79 Å². The molecule has 0 bridgehead atoms. The molecule has 0 aliphatic carbocycles. The highest BCUT2D eigenvalue weighted by molar-refractivity contribution is 5.74. The van der Waals surface area contributed by atoms with Gasteiger partial charge in [-0.15, -0.1) is 0 Å². The minimum absolute atomic E-state index is 0.382. The van der Waals surface area contributed by atoms with Crippen LogP contribution in [-0.2, 0) is 0 Å². The van der Waals surface area contributed by atoms with E-state index in [4.69, 9.17) is 0 Å². The fourth-order valence-electron chi connectivity index (χ4n) is 9.38. The van der Waals surface area contributed by atoms with E-state index in [-0.39, 0.29) is 0 Å². The van der Waals surface area contributed by atoms with E-state index in [1.165, 1.54) is 308 Å². The quantitative estimate of drug-likeness (QED) is 0.0560. The normalized spacial score (nSPS) is 11.5. The Bertz CT molecular complexity index is 666. The van der Waals surface area contributed by atoms with Crippen molar-refractivity contribution in [1.82, 2.24) is 9.80 Å². The molecule has 2 amide bonds. The number of unbranched alkanes of at least 4 members (excludes halogenated alkanes) is 44. The van der Waals surface area contributed by atoms with E-state index in [1.54, 1.807) is 0 Å². The SMILES string of the molecule is CCCCCCCCCCCCCCN(CCCCCCCCCCCCCC)C(=O)N(CCCCCCCCCCCCCC)CCCCCCCCCCCCCC. The van der Waals surface area contributed by atoms with Crippen LogP contribution < -0.4 is 0 Å². The molecule has 0 aromatic heterocycles. The van der Waals surface area contributed by atoms with E-state index in [0.29, 0.717) is 6.03 Å². The zero-order valence-corrected chi connectivity index (χ0v) is 42.6. The molecule has 3 nitrogen and oxygen atoms in total. The molecule has 0 aliphatic rings. The molecule has 60 heavy (non-hydrogen) atoms. The summed E-state index contributed by atoms with van der Waals surface area (Å²) in [5.41, 5.74) is 0. The number of carbonyl (C=O) groups is 1. The Morgan fingerprint density at radius 3 is 0.450 bits per heavy atom. The zero-order valence-electron chi connectivity index (χ0n) is 42.6. The van der Waals surface area contributed by atoms with Crippen molar-refractivity contribution in [2.24, 2.45) is 0 Å². The lowest BCUT2D eigenvalue weighted by atomic mass is 10.0. The van der Waals surface area contributed by atoms with Crippen LogP contribution in [-0.4, -0.2) is 42.0 Å². The highest BCUT2D eigenvalue weighted by Crippen LogP contribution is 2.18. The first-order valence-electron chi connectivity index (χ1n) is 28.7. The maximum atomic E-state index is 14.4. The molecule has 0 radical (unpaired) electrons. The third kappa shape index (κ3) is 45.3. The smallest absolute Gasteiger partial charge is 0.319 e. The number of nitrogens with zero attached hydrogens (tertiary/aromatic N) is 2. The molecule has 0 spiro atoms. The molecular formula is C57H116N2O. The van der Waals surface area contributed by atoms with Crippen molar-refractivity contribution < 1.29 is 4.79 Å². The van der Waals surface area contributed by atoms with Crippen LogP contribution >= 0.6 is 0 Å². The van der Waals surface area contributed by atoms with Gasteiger partial charge in [0.05, 0.1) is 0 Å². The molecule has 3 heteroatoms. The summed E-state index contributed by atoms with van der Waals surface area (Å²) in [5, 5.41) is 0. The first-order chi connectivity index (χ1) is 29.7. The Balaban J connectivity index is 4.96. The number of urea groups is 1. The highest BCUT2D eigenvalue weighted by Gasteiger charge is 2.20. The molecule has 0 saturated carbocycles. The van der Waals surface area contributed by atoms with Gasteiger partial charge in [-0.2, -0.15) is 0 Å². The number of amides is 2. The average Bonchev–Trinajstić information content (AvgIpc) is 3.26. The van der Waals surface area contributed by atoms with E-state index in [1.807, 2.05) is 0 Å². The first kappa shape index (κ1) is 59.3. The zero-order chi connectivity index (χ0) is 43.5. The monoisotopic (exact) mass is 845 g/mol. The van der Waals surface area contributed by atoms with Crippen molar-refractivity contribution >= 4 is 6.03 Å². The molecule has 0 saturated heterocycles. The Morgan fingerprint density at radius 1 is 0.200 bits per heavy atom. The summed E-state index contributed by atoms with van der Waals surface area (Å²) >= 11 is 0. The van der Waals surface area contributed by atoms with Crippen molar-refractivity contribution in [3.8, 4) is 0 Å². The van der Waals surface area contributed by atoms with Crippen molar-refractivity contribution in [2.45, 2.75) is 336 Å². The topological polar surface area (TPSA) is 23.6 Å². The molecule has 0 heterocycles. The summed E-state index contributed by atoms with van der Waals surface area (Å²) in [6.07, 6.45) is 66.1. The number of rotatable bonds is 52. The third-order valence-corrected chi connectivity index (χ3v) is 13.7. The van der Waals surface area contributed by atoms with Crippen LogP contribution in [0.15, 0.2) is 0 Å². The van der Waals surface area contributed by atoms with E-state index in [0.717, 1.165) is 26.2 Å². The van der Waals surface area contributed by atoms with Crippen molar-refractivity contribution in [3.05, 3.63) is 0 Å². The lowest BCUT2D eigenvalue weighted by molar-refractivity contribution is 0.148. The van der Waals surface area contributed by atoms with Gasteiger partial charge in [0.15, 0.2) is 0 Å². The minimum Gasteiger partial charge on any atom is -0.325 e. The molecule has 0 unspecified atom stereocenters. The summed E-state index contributed by atoms with van der Waals surface area (Å²) in [6, 6.07) is 0.382. The van der Waals surface area contributed by atoms with E-state index >= 15 is 0 Å². The van der Waals surface area contributed by atoms with Gasteiger partial charge in [0.25, 0.3) is 0 Å². The fraction of sp³-hybridized carbons (Fsp3) is 0.982. The van der Waals surface area contributed by atoms with Gasteiger partial charge in [0.1, 0.15) is 0 Å². The number of hydrogen-bond acceptors (Lipinski definition) is 1. The van der Waals surface area contributed by atoms with Gasteiger partial charge >= 0.3 is 6.03 Å². The number of carbonyl (C=O) groups excluding carboxylic acids is 1. The predicted molar refractivity (Wildman–Crippen MR) is 273 cm³/mol. The van der Waals surface area contributed by atoms with Crippen LogP contribution in [0.5, 0.6) is 0 Å². The second kappa shape index (κ2) is 52.6. The Labute approximate surface area is 381 Å². The fourth-order valence-corrected chi connectivity index (χ4v) is 9.38. The molecule has 360 valence electrons. The first-order valence-corrected chi connectivity index (χ1v) is 28.7. The summed E-state index contributed by atoms with van der Waals surface area (Å²) in [6.45, 7) is 13.1. The van der Waals surface area contributed by atoms with E-state index in [9.17, 15) is 4.79 Å². The summed E-state index contributed by atoms with van der Waals surface area (Å²) < 4.78 is 0. The second-order valence-electron chi connectivity index (χ2n) is 19.8. The van der Waals surface area contributed by atoms with Crippen LogP contribution in [0.4, 0.5) is 4.79 Å². The molecule has 0 aromatic carbocycles. The van der Waals surface area contributed by atoms with Crippen LogP contribution in [0.1, 0.15) is 336 Å². The lowest BCUT2D eigenvalue weighted by Crippen LogP contribution is -2.45. The predicted octanol–water partition coefficient (Wildman–Crippen LogP) is 20.5. The second-order valence-corrected chi connectivity index (χ2v) is 19.8. The van der Waals surface area contributed by atoms with Gasteiger partial charge in [0, 0.05) is 26.2 Å². The van der Waals surface area contributed by atoms with Crippen molar-refractivity contribution in [1.29, 1.82) is 0 Å². The summed E-state index contributed by atoms with van der Waals surface area (Å²) in [5.74, 6) is 0. The largest absolute Gasteiger partial charge is 0.325 e. The third-order valence-electron chi connectivity index (χ3n) is 13.7. The molecule has 0 rings (SSSR count). The van der Waals surface area contributed by atoms with Crippen LogP contribution in [0.25, 0.3) is 0 Å². The number of hydrogen-bond donors (Lipinski definition) is 0. The molecule has 0 aliphatic heterocycles. The van der Waals surface area contributed by atoms with Crippen molar-refractivity contribution in [2.75, 3.05) is 26.2 Å². The standard InChI is InChI=1S/C57H116N2O/c1-5-9-13-17-21-25-29-33-37-41-45-49-53-58(54-50-46-42-38-34-30-26-22-18-14-10-6-2)57(60)59(55-51-47-43-39-35-31-27-23-19-15-11-7-3)56-52-48-44-40-36-32-28-24-20-16-12-8-4/h5-56H2,1-4H3. The van der Waals surface area contributed by atoms with Crippen LogP contribution in [0.3, 0.4) is 0 Å². The Morgan fingerprint density at radius 2 is 0.317 bits per heavy atom. The lowest BCUT2D eigenvalue weighted by Gasteiger charge is -2.31. The van der Waals surface area contributed by atoms with Gasteiger partial charge in [-0.05, 0) is 25.7 Å². The van der Waals surface area contributed by atoms with Crippen molar-refractivity contribution in [3.63, 3.8) is 0 Å². The van der Waals surface area contributed by atoms with Gasteiger partial charge in [-0.1, -0.05) is 310 Å². The van der Waals surface area contributed by atoms with E-state index in [2.05, 4.69) is 37.5 Å². The average molecular weight is 846 g/mol. The Hall–Kier alpha value is -0.730. The highest BCUT2D eigenvalue weighted by atomic mass is 16.2. The molecule has 0 fully saturated rings. The van der Waals surface area contributed by atoms with Gasteiger partial charge in [-0.3, -0.25) is 0 Å². The maximum Gasteiger partial charge on any atom is 0.319 e. The van der Waals surface area contributed by atoms with E-state index < -0.39 is 0 Å². The molecule has 0 N–H and O–H groups in total. The Kier molecular flexibility index (Phi) is 52.0. The molecular weight excluding hydrogens is 729 g/mol. The maximum absolute atomic E-state index is 14.4. The van der Waals surface area contributed by atoms with Gasteiger partial charge < -0.3 is 9.80 Å². The van der Waals surface area contributed by atoms with Crippen LogP contribution in [0, 0.1) is 0 Å². The van der Waals surface area contributed by atoms with Gasteiger partial charge in [0.2, 0.25) is 0 Å². The molecule has 0 atom stereocenters. The minimum atomic E-state index is 0.382. The summed E-state index contributed by atoms with van der Waals surface area (Å²) in [7, 11) is 0.